The zero-order valence-corrected chi connectivity index (χ0v) is 9.61. The Kier molecular flexibility index (Phi) is 6.73. The summed E-state index contributed by atoms with van der Waals surface area (Å²) in [5.74, 6) is 0. The highest BCUT2D eigenvalue weighted by atomic mass is 17.5. The molecule has 0 aromatic carbocycles. The molecule has 0 rings (SSSR count). The molecule has 0 aromatic rings. The number of hydrogen-bond acceptors (Lipinski definition) is 5. The molecule has 5 nitrogen and oxygen atoms in total. The molecule has 0 bridgehead atoms. The van der Waals surface area contributed by atoms with Crippen LogP contribution in [0.25, 0.3) is 0 Å². The van der Waals surface area contributed by atoms with E-state index in [4.69, 9.17) is 4.89 Å². The molecular formula is C10H18O5. The van der Waals surface area contributed by atoms with Crippen molar-refractivity contribution in [3.05, 3.63) is 12.2 Å². The van der Waals surface area contributed by atoms with Crippen LogP contribution < -0.4 is 0 Å². The van der Waals surface area contributed by atoms with Gasteiger partial charge in [-0.05, 0) is 39.2 Å². The van der Waals surface area contributed by atoms with Crippen LogP contribution in [0.3, 0.4) is 0 Å². The van der Waals surface area contributed by atoms with E-state index in [9.17, 15) is 4.79 Å². The molecule has 5 heteroatoms. The van der Waals surface area contributed by atoms with Crippen LogP contribution in [0.4, 0.5) is 4.79 Å². The van der Waals surface area contributed by atoms with Gasteiger partial charge >= 0.3 is 6.16 Å². The van der Waals surface area contributed by atoms with Crippen molar-refractivity contribution in [2.75, 3.05) is 6.61 Å². The number of hydrogen-bond donors (Lipinski definition) is 0. The number of allylic oxidation sites excluding steroid dienone is 1. The van der Waals surface area contributed by atoms with Gasteiger partial charge in [-0.2, -0.15) is 4.89 Å². The smallest absolute Gasteiger partial charge is 0.432 e. The standard InChI is InChI=1S/C10H18O5/c1-5-6-7-8-12-9(11)13-15-14-10(2,3)4/h5-6H,7-8H2,1-4H3. The molecule has 0 aliphatic rings. The highest BCUT2D eigenvalue weighted by molar-refractivity contribution is 5.58. The van der Waals surface area contributed by atoms with E-state index in [2.05, 4.69) is 14.7 Å². The Morgan fingerprint density at radius 3 is 2.53 bits per heavy atom. The second-order valence-corrected chi connectivity index (χ2v) is 3.80. The van der Waals surface area contributed by atoms with Crippen molar-refractivity contribution in [1.29, 1.82) is 0 Å². The first-order chi connectivity index (χ1) is 6.95. The van der Waals surface area contributed by atoms with Crippen molar-refractivity contribution in [3.63, 3.8) is 0 Å². The van der Waals surface area contributed by atoms with Crippen LogP contribution in [0.1, 0.15) is 34.1 Å². The molecule has 0 unspecified atom stereocenters. The van der Waals surface area contributed by atoms with Crippen molar-refractivity contribution in [3.8, 4) is 0 Å². The van der Waals surface area contributed by atoms with Crippen LogP contribution in [0.2, 0.25) is 0 Å². The third-order valence-corrected chi connectivity index (χ3v) is 1.13. The Balaban J connectivity index is 3.42. The predicted molar refractivity (Wildman–Crippen MR) is 53.8 cm³/mol. The Bertz CT molecular complexity index is 204. The van der Waals surface area contributed by atoms with E-state index in [1.165, 1.54) is 0 Å². The number of carbonyl (C=O) groups excluding carboxylic acids is 1. The van der Waals surface area contributed by atoms with Gasteiger partial charge in [-0.25, -0.2) is 9.68 Å². The molecule has 0 aliphatic carbocycles. The van der Waals surface area contributed by atoms with E-state index in [-0.39, 0.29) is 6.61 Å². The van der Waals surface area contributed by atoms with Gasteiger partial charge in [0.2, 0.25) is 0 Å². The normalized spacial score (nSPS) is 11.7. The Labute approximate surface area is 89.8 Å². The first-order valence-corrected chi connectivity index (χ1v) is 4.76. The average molecular weight is 218 g/mol. The summed E-state index contributed by atoms with van der Waals surface area (Å²) in [6.07, 6.45) is 3.48. The van der Waals surface area contributed by atoms with Crippen molar-refractivity contribution >= 4 is 6.16 Å². The van der Waals surface area contributed by atoms with E-state index in [1.807, 2.05) is 19.1 Å². The summed E-state index contributed by atoms with van der Waals surface area (Å²) in [5, 5.41) is 4.22. The molecule has 0 atom stereocenters. The molecule has 0 amide bonds. The molecule has 0 aromatic heterocycles. The highest BCUT2D eigenvalue weighted by Gasteiger charge is 2.14. The van der Waals surface area contributed by atoms with Gasteiger partial charge < -0.3 is 4.74 Å². The van der Waals surface area contributed by atoms with E-state index in [0.717, 1.165) is 0 Å². The maximum atomic E-state index is 10.8. The number of carbonyl (C=O) groups is 1. The number of ether oxygens (including phenoxy) is 1. The fourth-order valence-electron chi connectivity index (χ4n) is 0.548. The molecule has 0 fully saturated rings. The lowest BCUT2D eigenvalue weighted by atomic mass is 10.2. The van der Waals surface area contributed by atoms with Crippen LogP contribution in [-0.4, -0.2) is 18.4 Å². The molecule has 0 radical (unpaired) electrons. The van der Waals surface area contributed by atoms with Gasteiger partial charge in [0.1, 0.15) is 0 Å². The summed E-state index contributed by atoms with van der Waals surface area (Å²) >= 11 is 0. The van der Waals surface area contributed by atoms with Crippen molar-refractivity contribution in [2.24, 2.45) is 0 Å². The summed E-state index contributed by atoms with van der Waals surface area (Å²) in [5.41, 5.74) is -0.536. The molecule has 0 spiro atoms. The van der Waals surface area contributed by atoms with Crippen LogP contribution >= 0.6 is 0 Å². The predicted octanol–water partition coefficient (Wildman–Crippen LogP) is 2.77. The van der Waals surface area contributed by atoms with Gasteiger partial charge in [-0.15, -0.1) is 0 Å². The molecule has 88 valence electrons. The second-order valence-electron chi connectivity index (χ2n) is 3.80. The molecule has 0 heterocycles. The average Bonchev–Trinajstić information content (AvgIpc) is 2.10. The summed E-state index contributed by atoms with van der Waals surface area (Å²) in [4.78, 5) is 19.7. The lowest BCUT2D eigenvalue weighted by Crippen LogP contribution is -2.21. The summed E-state index contributed by atoms with van der Waals surface area (Å²) in [6, 6.07) is 0. The molecule has 0 saturated heterocycles. The largest absolute Gasteiger partial charge is 0.542 e. The van der Waals surface area contributed by atoms with E-state index in [0.29, 0.717) is 6.42 Å². The lowest BCUT2D eigenvalue weighted by molar-refractivity contribution is -0.514. The SMILES string of the molecule is CC=CCCOC(=O)OOOC(C)(C)C. The van der Waals surface area contributed by atoms with E-state index in [1.54, 1.807) is 20.8 Å². The van der Waals surface area contributed by atoms with Crippen LogP contribution in [0.5, 0.6) is 0 Å². The second kappa shape index (κ2) is 7.25. The van der Waals surface area contributed by atoms with Gasteiger partial charge in [0, 0.05) is 0 Å². The topological polar surface area (TPSA) is 54.0 Å². The molecule has 0 aliphatic heterocycles. The fraction of sp³-hybridized carbons (Fsp3) is 0.700. The molecular weight excluding hydrogens is 200 g/mol. The van der Waals surface area contributed by atoms with E-state index < -0.39 is 11.8 Å². The minimum absolute atomic E-state index is 0.252. The first-order valence-electron chi connectivity index (χ1n) is 4.76. The Hall–Kier alpha value is -1.07. The van der Waals surface area contributed by atoms with Crippen LogP contribution in [0.15, 0.2) is 12.2 Å². The van der Waals surface area contributed by atoms with Crippen molar-refractivity contribution < 1.29 is 24.3 Å². The fourth-order valence-corrected chi connectivity index (χ4v) is 0.548. The monoisotopic (exact) mass is 218 g/mol. The molecule has 0 N–H and O–H groups in total. The van der Waals surface area contributed by atoms with E-state index >= 15 is 0 Å². The zero-order valence-electron chi connectivity index (χ0n) is 9.61. The number of rotatable bonds is 5. The van der Waals surface area contributed by atoms with Gasteiger partial charge in [0.25, 0.3) is 0 Å². The summed E-state index contributed by atoms with van der Waals surface area (Å²) in [6.45, 7) is 7.41. The summed E-state index contributed by atoms with van der Waals surface area (Å²) < 4.78 is 4.64. The highest BCUT2D eigenvalue weighted by Crippen LogP contribution is 2.07. The van der Waals surface area contributed by atoms with Crippen molar-refractivity contribution in [2.45, 2.75) is 39.7 Å². The third-order valence-electron chi connectivity index (χ3n) is 1.13. The quantitative estimate of drug-likeness (QED) is 0.233. The van der Waals surface area contributed by atoms with Gasteiger partial charge in [-0.1, -0.05) is 12.2 Å². The summed E-state index contributed by atoms with van der Waals surface area (Å²) in [7, 11) is 0. The minimum atomic E-state index is -0.913. The molecule has 15 heavy (non-hydrogen) atoms. The zero-order chi connectivity index (χ0) is 11.7. The third kappa shape index (κ3) is 10.9. The maximum absolute atomic E-state index is 10.8. The van der Waals surface area contributed by atoms with Gasteiger partial charge in [-0.3, -0.25) is 0 Å². The first kappa shape index (κ1) is 13.9. The van der Waals surface area contributed by atoms with Crippen LogP contribution in [0, 0.1) is 0 Å². The lowest BCUT2D eigenvalue weighted by Gasteiger charge is -2.14. The van der Waals surface area contributed by atoms with Gasteiger partial charge in [0.15, 0.2) is 0 Å². The minimum Gasteiger partial charge on any atom is -0.432 e. The van der Waals surface area contributed by atoms with Gasteiger partial charge in [0.05, 0.1) is 12.2 Å². The Morgan fingerprint density at radius 1 is 1.33 bits per heavy atom. The maximum Gasteiger partial charge on any atom is 0.542 e. The van der Waals surface area contributed by atoms with Crippen molar-refractivity contribution in [1.82, 2.24) is 0 Å². The Morgan fingerprint density at radius 2 is 2.00 bits per heavy atom. The van der Waals surface area contributed by atoms with Crippen LogP contribution in [-0.2, 0) is 19.6 Å². The molecule has 0 saturated carbocycles.